The van der Waals surface area contributed by atoms with Crippen molar-refractivity contribution in [1.82, 2.24) is 69.2 Å². The van der Waals surface area contributed by atoms with Crippen molar-refractivity contribution >= 4 is 79.6 Å². The molecule has 3 amide bonds. The molecule has 10 heterocycles. The summed E-state index contributed by atoms with van der Waals surface area (Å²) in [7, 11) is -1.40. The summed E-state index contributed by atoms with van der Waals surface area (Å²) < 4.78 is 25.0. The maximum Gasteiger partial charge on any atom is 0.490 e. The molecule has 0 radical (unpaired) electrons. The molecule has 11 aromatic rings. The molecule has 2 fully saturated rings. The van der Waals surface area contributed by atoms with Crippen molar-refractivity contribution in [3.63, 3.8) is 0 Å². The lowest BCUT2D eigenvalue weighted by Crippen LogP contribution is -2.30. The van der Waals surface area contributed by atoms with E-state index in [1.807, 2.05) is 92.7 Å². The molecule has 4 aliphatic rings. The first-order chi connectivity index (χ1) is 51.8. The average Bonchev–Trinajstić information content (AvgIpc) is 1.20. The number of ether oxygens (including phenoxy) is 3. The first-order valence-electron chi connectivity index (χ1n) is 34.8. The Bertz CT molecular complexity index is 4900. The molecule has 3 aromatic carbocycles. The number of carbonyl (C=O) groups excluding carboxylic acids is 3. The van der Waals surface area contributed by atoms with Gasteiger partial charge < -0.3 is 53.9 Å². The van der Waals surface area contributed by atoms with Crippen LogP contribution in [-0.2, 0) is 19.6 Å². The van der Waals surface area contributed by atoms with Crippen LogP contribution in [0.2, 0.25) is 0 Å². The standard InChI is InChI=1S/C28H26N6O2.C22H22BrN5O2.C20H18BrN5O2.C8H10BNO2/c35-28-22-16-20(21-10-12-23(29-17-21)19-8-9-19)11-13-25(22)36-15-4-2-1-3-14-34-18-30-33-27(34)24-6-5-7-26(31-24)32-28;1-3-5-6-13-30-19-11-10-16(23)14-17(19)22(29)26-20-9-7-8-18(25-20)21-27-24-15-28(21)12-4-2;21-14-8-9-17-15(12-14)20(27)24-18-7-5-6-16(23-18)19-25-22-13-26(19)10-3-1-2-4-11-28-17;11-9(12)7-3-4-8(10-5-7)6-1-2-6/h1,3,5-7,10-13,16-19H,2,4,8-9,14-15H2,(H,31,32,35);3-4,7-11,14-15H,1-2,5-6,12-13H2,(H,25,26,29);1,3,5-9,12-13H,2,4,10-11H2,(H,23,24,27);3-6,11-12H,1-2H2. The number of nitrogens with zero attached hydrogens (tertiary/aromatic N) is 14. The molecule has 4 bridgehead atoms. The molecular weight excluding hydrogens is 1470 g/mol. The van der Waals surface area contributed by atoms with Crippen molar-refractivity contribution in [2.75, 3.05) is 35.8 Å². The molecule has 25 nitrogen and oxygen atoms in total. The summed E-state index contributed by atoms with van der Waals surface area (Å²) in [4.78, 5) is 61.7. The van der Waals surface area contributed by atoms with Gasteiger partial charge in [0, 0.05) is 75.2 Å². The number of rotatable bonds is 14. The zero-order valence-corrected chi connectivity index (χ0v) is 61.0. The van der Waals surface area contributed by atoms with Crippen LogP contribution >= 0.6 is 31.9 Å². The summed E-state index contributed by atoms with van der Waals surface area (Å²) in [6.07, 6.45) is 30.3. The van der Waals surface area contributed by atoms with E-state index < -0.39 is 7.12 Å². The molecule has 0 spiro atoms. The number of anilines is 3. The number of fused-ring (bicyclic) bond motifs is 10. The van der Waals surface area contributed by atoms with Crippen LogP contribution in [0.4, 0.5) is 17.5 Å². The molecule has 2 aliphatic heterocycles. The van der Waals surface area contributed by atoms with E-state index >= 15 is 0 Å². The first kappa shape index (κ1) is 74.3. The van der Waals surface area contributed by atoms with Gasteiger partial charge in [0.1, 0.15) is 70.8 Å². The van der Waals surface area contributed by atoms with Crippen molar-refractivity contribution in [1.29, 1.82) is 0 Å². The monoisotopic (exact) mass is 1550 g/mol. The molecule has 0 atom stereocenters. The number of hydrogen-bond acceptors (Lipinski definition) is 19. The number of halogens is 2. The summed E-state index contributed by atoms with van der Waals surface area (Å²) in [6, 6.07) is 40.4. The molecule has 538 valence electrons. The summed E-state index contributed by atoms with van der Waals surface area (Å²) >= 11 is 6.83. The van der Waals surface area contributed by atoms with Crippen molar-refractivity contribution in [2.24, 2.45) is 0 Å². The average molecular weight is 1550 g/mol. The molecule has 5 N–H and O–H groups in total. The lowest BCUT2D eigenvalue weighted by atomic mass is 9.81. The summed E-state index contributed by atoms with van der Waals surface area (Å²) in [6.45, 7) is 10.8. The SMILES string of the molecule is C=CCCCOc1ccc(Br)cc1C(=O)Nc1cccc(-c2nncn2CC=C)n1.O=C1Nc2cccc(n2)-c2nncn2CC=CCCCOc2ccc(-c3ccc(C4CC4)nc3)cc21.O=C1Nc2cccc(n2)-c2nncn2CC=CCCCOc2ccc(Br)cc21.OB(O)c1ccc(C2CC2)nc1. The summed E-state index contributed by atoms with van der Waals surface area (Å²) in [5.74, 6) is 5.12. The first-order valence-corrected chi connectivity index (χ1v) is 36.3. The Morgan fingerprint density at radius 2 is 1.17 bits per heavy atom. The smallest absolute Gasteiger partial charge is 0.490 e. The van der Waals surface area contributed by atoms with Gasteiger partial charge in [-0.25, -0.2) is 15.0 Å². The fourth-order valence-corrected chi connectivity index (χ4v) is 11.9. The second-order valence-corrected chi connectivity index (χ2v) is 26.7. The second-order valence-electron chi connectivity index (χ2n) is 24.9. The largest absolute Gasteiger partial charge is 0.493 e. The highest BCUT2D eigenvalue weighted by molar-refractivity contribution is 9.10. The maximum absolute atomic E-state index is 13.4. The van der Waals surface area contributed by atoms with Gasteiger partial charge in [0.05, 0.1) is 36.5 Å². The molecule has 0 saturated heterocycles. The van der Waals surface area contributed by atoms with Crippen molar-refractivity contribution in [3.05, 3.63) is 251 Å². The summed E-state index contributed by atoms with van der Waals surface area (Å²) in [5.41, 5.74) is 7.75. The van der Waals surface area contributed by atoms with Crippen LogP contribution in [0.25, 0.3) is 45.7 Å². The zero-order valence-electron chi connectivity index (χ0n) is 57.9. The normalized spacial score (nSPS) is 14.0. The van der Waals surface area contributed by atoms with E-state index in [9.17, 15) is 14.4 Å². The van der Waals surface area contributed by atoms with Crippen molar-refractivity contribution < 1.29 is 38.6 Å². The highest BCUT2D eigenvalue weighted by Gasteiger charge is 2.27. The predicted octanol–water partition coefficient (Wildman–Crippen LogP) is 13.9. The van der Waals surface area contributed by atoms with Gasteiger partial charge in [0.2, 0.25) is 0 Å². The lowest BCUT2D eigenvalue weighted by molar-refractivity contribution is 0.101. The van der Waals surface area contributed by atoms with Gasteiger partial charge in [0.25, 0.3) is 17.7 Å². The Balaban J connectivity index is 0.000000139. The van der Waals surface area contributed by atoms with Crippen LogP contribution in [-0.4, -0.2) is 124 Å². The molecule has 106 heavy (non-hydrogen) atoms. The molecule has 8 aromatic heterocycles. The maximum atomic E-state index is 13.4. The van der Waals surface area contributed by atoms with Gasteiger partial charge >= 0.3 is 7.12 Å². The predicted molar refractivity (Wildman–Crippen MR) is 412 cm³/mol. The van der Waals surface area contributed by atoms with E-state index in [4.69, 9.17) is 24.3 Å². The van der Waals surface area contributed by atoms with Crippen LogP contribution in [0.5, 0.6) is 17.2 Å². The Morgan fingerprint density at radius 3 is 1.75 bits per heavy atom. The Hall–Kier alpha value is -11.5. The van der Waals surface area contributed by atoms with Gasteiger partial charge in [-0.2, -0.15) is 0 Å². The minimum atomic E-state index is -1.40. The topological polar surface area (TPSA) is 312 Å². The van der Waals surface area contributed by atoms with E-state index in [0.717, 1.165) is 70.0 Å². The van der Waals surface area contributed by atoms with Crippen molar-refractivity contribution in [3.8, 4) is 62.9 Å². The molecule has 15 rings (SSSR count). The third-order valence-electron chi connectivity index (χ3n) is 16.9. The number of aromatic nitrogens is 14. The van der Waals surface area contributed by atoms with E-state index in [1.165, 1.54) is 31.9 Å². The van der Waals surface area contributed by atoms with Gasteiger partial charge in [-0.15, -0.1) is 43.7 Å². The summed E-state index contributed by atoms with van der Waals surface area (Å²) in [5, 5.41) is 50.7. The molecule has 2 aliphatic carbocycles. The quantitative estimate of drug-likeness (QED) is 0.0384. The van der Waals surface area contributed by atoms with Crippen LogP contribution in [0, 0.1) is 0 Å². The third kappa shape index (κ3) is 20.5. The Morgan fingerprint density at radius 1 is 0.613 bits per heavy atom. The van der Waals surface area contributed by atoms with Crippen LogP contribution in [0.3, 0.4) is 0 Å². The van der Waals surface area contributed by atoms with Crippen LogP contribution in [0.1, 0.15) is 119 Å². The van der Waals surface area contributed by atoms with E-state index in [1.54, 1.807) is 79.7 Å². The minimum Gasteiger partial charge on any atom is -0.493 e. The lowest BCUT2D eigenvalue weighted by Gasteiger charge is -2.14. The number of benzene rings is 3. The van der Waals surface area contributed by atoms with Gasteiger partial charge in [-0.05, 0) is 167 Å². The third-order valence-corrected chi connectivity index (χ3v) is 17.9. The fourth-order valence-electron chi connectivity index (χ4n) is 11.1. The highest BCUT2D eigenvalue weighted by Crippen LogP contribution is 2.40. The van der Waals surface area contributed by atoms with Gasteiger partial charge in [-0.1, -0.05) is 105 Å². The van der Waals surface area contributed by atoms with Gasteiger partial charge in [0.15, 0.2) is 17.5 Å². The number of amides is 3. The highest BCUT2D eigenvalue weighted by atomic mass is 79.9. The molecule has 28 heteroatoms. The van der Waals surface area contributed by atoms with Crippen molar-refractivity contribution in [2.45, 2.75) is 95.7 Å². The Labute approximate surface area is 629 Å². The number of carbonyl (C=O) groups is 3. The fraction of sp³-hybridized carbons (Fsp3) is 0.231. The molecular formula is C78H76BBr2N17O8. The van der Waals surface area contributed by atoms with E-state index in [-0.39, 0.29) is 17.7 Å². The minimum absolute atomic E-state index is 0.283. The number of nitrogens with one attached hydrogen (secondary N) is 3. The number of hydrogen-bond donors (Lipinski definition) is 5. The molecule has 0 unspecified atom stereocenters. The number of allylic oxidation sites excluding steroid dienone is 6. The molecule has 2 saturated carbocycles. The van der Waals surface area contributed by atoms with Gasteiger partial charge in [-0.3, -0.25) is 24.4 Å². The number of pyridine rings is 5. The Kier molecular flexibility index (Phi) is 25.8. The van der Waals surface area contributed by atoms with E-state index in [0.29, 0.717) is 143 Å². The zero-order chi connectivity index (χ0) is 73.6. The number of unbranched alkanes of at least 4 members (excludes halogenated alkanes) is 1. The van der Waals surface area contributed by atoms with E-state index in [2.05, 4.69) is 153 Å². The van der Waals surface area contributed by atoms with Crippen LogP contribution in [0.15, 0.2) is 223 Å². The van der Waals surface area contributed by atoms with Crippen LogP contribution < -0.4 is 35.6 Å². The second kappa shape index (κ2) is 36.8.